The van der Waals surface area contributed by atoms with Crippen LogP contribution < -0.4 is 11.1 Å². The van der Waals surface area contributed by atoms with Gasteiger partial charge >= 0.3 is 0 Å². The number of halogens is 1. The van der Waals surface area contributed by atoms with Gasteiger partial charge in [0.05, 0.1) is 0 Å². The summed E-state index contributed by atoms with van der Waals surface area (Å²) >= 11 is 3.39. The zero-order valence-corrected chi connectivity index (χ0v) is 15.2. The number of hydrogen-bond acceptors (Lipinski definition) is 3. The van der Waals surface area contributed by atoms with Gasteiger partial charge in [0, 0.05) is 31.0 Å². The van der Waals surface area contributed by atoms with E-state index in [1.165, 1.54) is 6.92 Å². The third kappa shape index (κ3) is 4.54. The van der Waals surface area contributed by atoms with Crippen LogP contribution in [-0.4, -0.2) is 36.3 Å². The molecule has 126 valence electrons. The first-order valence-electron chi connectivity index (χ1n) is 7.89. The molecule has 1 aliphatic rings. The summed E-state index contributed by atoms with van der Waals surface area (Å²) in [5.74, 6) is 0.380. The van der Waals surface area contributed by atoms with E-state index in [1.807, 2.05) is 29.2 Å². The summed E-state index contributed by atoms with van der Waals surface area (Å²) in [6.07, 6.45) is 1.78. The van der Waals surface area contributed by atoms with Gasteiger partial charge in [-0.05, 0) is 43.4 Å². The molecule has 1 heterocycles. The second kappa shape index (κ2) is 7.45. The van der Waals surface area contributed by atoms with Crippen molar-refractivity contribution in [2.45, 2.75) is 32.2 Å². The monoisotopic (exact) mass is 381 g/mol. The second-order valence-corrected chi connectivity index (χ2v) is 7.30. The van der Waals surface area contributed by atoms with Crippen LogP contribution in [0.4, 0.5) is 0 Å². The zero-order chi connectivity index (χ0) is 17.0. The van der Waals surface area contributed by atoms with Gasteiger partial charge < -0.3 is 16.0 Å². The van der Waals surface area contributed by atoms with Gasteiger partial charge in [0.2, 0.25) is 11.8 Å². The van der Waals surface area contributed by atoms with Crippen LogP contribution in [0.15, 0.2) is 28.7 Å². The van der Waals surface area contributed by atoms with Gasteiger partial charge in [0.25, 0.3) is 0 Å². The Morgan fingerprint density at radius 3 is 2.39 bits per heavy atom. The lowest BCUT2D eigenvalue weighted by molar-refractivity contribution is -0.138. The van der Waals surface area contributed by atoms with Crippen molar-refractivity contribution >= 4 is 27.7 Å². The summed E-state index contributed by atoms with van der Waals surface area (Å²) in [5.41, 5.74) is 6.12. The molecule has 1 unspecified atom stereocenters. The molecule has 0 bridgehead atoms. The van der Waals surface area contributed by atoms with Crippen molar-refractivity contribution in [3.63, 3.8) is 0 Å². The Bertz CT molecular complexity index is 564. The van der Waals surface area contributed by atoms with E-state index in [4.69, 9.17) is 5.73 Å². The van der Waals surface area contributed by atoms with E-state index in [1.54, 1.807) is 6.92 Å². The van der Waals surface area contributed by atoms with Gasteiger partial charge in [-0.3, -0.25) is 9.59 Å². The van der Waals surface area contributed by atoms with Crippen LogP contribution >= 0.6 is 15.9 Å². The van der Waals surface area contributed by atoms with E-state index in [-0.39, 0.29) is 11.8 Å². The molecule has 0 radical (unpaired) electrons. The fourth-order valence-electron chi connectivity index (χ4n) is 2.88. The topological polar surface area (TPSA) is 75.4 Å². The third-order valence-electron chi connectivity index (χ3n) is 4.43. The average Bonchev–Trinajstić information content (AvgIpc) is 2.53. The number of rotatable bonds is 4. The number of carbonyl (C=O) groups is 2. The summed E-state index contributed by atoms with van der Waals surface area (Å²) in [6.45, 7) is 5.35. The molecule has 1 saturated heterocycles. The quantitative estimate of drug-likeness (QED) is 0.837. The Morgan fingerprint density at radius 2 is 1.87 bits per heavy atom. The number of carbonyl (C=O) groups excluding carboxylic acids is 2. The first kappa shape index (κ1) is 17.9. The summed E-state index contributed by atoms with van der Waals surface area (Å²) < 4.78 is 0.961. The maximum atomic E-state index is 12.8. The van der Waals surface area contributed by atoms with E-state index < -0.39 is 5.54 Å². The largest absolute Gasteiger partial charge is 0.356 e. The predicted octanol–water partition coefficient (Wildman–Crippen LogP) is 2.00. The fraction of sp³-hybridized carbons (Fsp3) is 0.529. The minimum atomic E-state index is -1.02. The molecule has 0 saturated carbocycles. The number of amides is 2. The van der Waals surface area contributed by atoms with Crippen LogP contribution in [0.2, 0.25) is 0 Å². The lowest BCUT2D eigenvalue weighted by Crippen LogP contribution is -2.53. The maximum Gasteiger partial charge on any atom is 0.246 e. The minimum absolute atomic E-state index is 0.00622. The molecule has 1 aliphatic heterocycles. The lowest BCUT2D eigenvalue weighted by Gasteiger charge is -2.37. The standard InChI is InChI=1S/C17H24BrN3O2/c1-12(22)20-11-13-7-9-21(10-8-13)16(23)17(2,19)14-3-5-15(18)6-4-14/h3-6,13H,7-11,19H2,1-2H3,(H,20,22). The number of nitrogens with two attached hydrogens (primary N) is 1. The zero-order valence-electron chi connectivity index (χ0n) is 13.6. The molecule has 1 fully saturated rings. The highest BCUT2D eigenvalue weighted by Crippen LogP contribution is 2.25. The van der Waals surface area contributed by atoms with Crippen LogP contribution in [0.25, 0.3) is 0 Å². The molecule has 2 rings (SSSR count). The van der Waals surface area contributed by atoms with Gasteiger partial charge in [-0.15, -0.1) is 0 Å². The molecule has 3 N–H and O–H groups in total. The Labute approximate surface area is 145 Å². The molecule has 1 aromatic rings. The fourth-order valence-corrected chi connectivity index (χ4v) is 3.14. The van der Waals surface area contributed by atoms with Crippen molar-refractivity contribution in [3.8, 4) is 0 Å². The summed E-state index contributed by atoms with van der Waals surface area (Å²) in [5, 5.41) is 2.85. The second-order valence-electron chi connectivity index (χ2n) is 6.38. The summed E-state index contributed by atoms with van der Waals surface area (Å²) in [4.78, 5) is 25.6. The molecule has 0 aromatic heterocycles. The average molecular weight is 382 g/mol. The Hall–Kier alpha value is -1.40. The minimum Gasteiger partial charge on any atom is -0.356 e. The van der Waals surface area contributed by atoms with Gasteiger partial charge in [0.15, 0.2) is 0 Å². The van der Waals surface area contributed by atoms with Crippen LogP contribution in [-0.2, 0) is 15.1 Å². The highest BCUT2D eigenvalue weighted by atomic mass is 79.9. The smallest absolute Gasteiger partial charge is 0.246 e. The molecule has 23 heavy (non-hydrogen) atoms. The highest BCUT2D eigenvalue weighted by Gasteiger charge is 2.36. The van der Waals surface area contributed by atoms with E-state index >= 15 is 0 Å². The Balaban J connectivity index is 1.96. The van der Waals surface area contributed by atoms with Crippen LogP contribution in [0.1, 0.15) is 32.3 Å². The number of likely N-dealkylation sites (tertiary alicyclic amines) is 1. The molecule has 0 spiro atoms. The van der Waals surface area contributed by atoms with Crippen molar-refractivity contribution in [2.24, 2.45) is 11.7 Å². The van der Waals surface area contributed by atoms with Gasteiger partial charge in [-0.2, -0.15) is 0 Å². The van der Waals surface area contributed by atoms with Crippen molar-refractivity contribution < 1.29 is 9.59 Å². The van der Waals surface area contributed by atoms with Crippen LogP contribution in [0.5, 0.6) is 0 Å². The normalized spacial score (nSPS) is 18.3. The molecular formula is C17H24BrN3O2. The number of nitrogens with zero attached hydrogens (tertiary/aromatic N) is 1. The number of piperidine rings is 1. The van der Waals surface area contributed by atoms with Gasteiger partial charge in [0.1, 0.15) is 5.54 Å². The van der Waals surface area contributed by atoms with E-state index in [9.17, 15) is 9.59 Å². The van der Waals surface area contributed by atoms with E-state index in [2.05, 4.69) is 21.2 Å². The van der Waals surface area contributed by atoms with Crippen molar-refractivity contribution in [3.05, 3.63) is 34.3 Å². The van der Waals surface area contributed by atoms with E-state index in [0.29, 0.717) is 25.6 Å². The number of hydrogen-bond donors (Lipinski definition) is 2. The predicted molar refractivity (Wildman–Crippen MR) is 93.7 cm³/mol. The molecule has 5 nitrogen and oxygen atoms in total. The highest BCUT2D eigenvalue weighted by molar-refractivity contribution is 9.10. The van der Waals surface area contributed by atoms with Crippen LogP contribution in [0.3, 0.4) is 0 Å². The van der Waals surface area contributed by atoms with Gasteiger partial charge in [-0.25, -0.2) is 0 Å². The lowest BCUT2D eigenvalue weighted by atomic mass is 9.89. The molecule has 1 atom stereocenters. The van der Waals surface area contributed by atoms with Crippen molar-refractivity contribution in [1.82, 2.24) is 10.2 Å². The molecule has 2 amide bonds. The molecule has 6 heteroatoms. The first-order valence-corrected chi connectivity index (χ1v) is 8.68. The van der Waals surface area contributed by atoms with Crippen LogP contribution in [0, 0.1) is 5.92 Å². The Kier molecular flexibility index (Phi) is 5.81. The van der Waals surface area contributed by atoms with E-state index in [0.717, 1.165) is 22.9 Å². The number of benzene rings is 1. The third-order valence-corrected chi connectivity index (χ3v) is 4.96. The summed E-state index contributed by atoms with van der Waals surface area (Å²) in [6, 6.07) is 7.55. The maximum absolute atomic E-state index is 12.8. The van der Waals surface area contributed by atoms with Crippen molar-refractivity contribution in [2.75, 3.05) is 19.6 Å². The molecule has 1 aromatic carbocycles. The van der Waals surface area contributed by atoms with Gasteiger partial charge in [-0.1, -0.05) is 28.1 Å². The molecule has 0 aliphatic carbocycles. The SMILES string of the molecule is CC(=O)NCC1CCN(C(=O)C(C)(N)c2ccc(Br)cc2)CC1. The number of nitrogens with one attached hydrogen (secondary N) is 1. The molecular weight excluding hydrogens is 358 g/mol. The first-order chi connectivity index (χ1) is 10.8. The van der Waals surface area contributed by atoms with Crippen molar-refractivity contribution in [1.29, 1.82) is 0 Å². The Morgan fingerprint density at radius 1 is 1.30 bits per heavy atom. The summed E-state index contributed by atoms with van der Waals surface area (Å²) in [7, 11) is 0.